The monoisotopic (exact) mass is 363 g/mol. The third-order valence-electron chi connectivity index (χ3n) is 5.53. The minimum absolute atomic E-state index is 1.17. The van der Waals surface area contributed by atoms with Gasteiger partial charge in [0, 0.05) is 58.9 Å². The van der Waals surface area contributed by atoms with Crippen molar-refractivity contribution in [2.75, 3.05) is 31.1 Å². The largest absolute Gasteiger partial charge is 0.371 e. The highest BCUT2D eigenvalue weighted by Gasteiger charge is 2.19. The molecule has 3 aromatic rings. The number of aromatic amines is 1. The van der Waals surface area contributed by atoms with Crippen LogP contribution in [-0.2, 0) is 0 Å². The van der Waals surface area contributed by atoms with Gasteiger partial charge in [-0.2, -0.15) is 0 Å². The summed E-state index contributed by atoms with van der Waals surface area (Å²) in [5, 5.41) is 1.29. The number of fused-ring (bicyclic) bond motifs is 1. The van der Waals surface area contributed by atoms with Crippen LogP contribution in [0.1, 0.15) is 25.7 Å². The lowest BCUT2D eigenvalue weighted by atomic mass is 10.0. The molecule has 3 nitrogen and oxygen atoms in total. The van der Waals surface area contributed by atoms with E-state index in [2.05, 4.69) is 62.7 Å². The summed E-state index contributed by atoms with van der Waals surface area (Å²) < 4.78 is 2.45. The van der Waals surface area contributed by atoms with Crippen LogP contribution in [-0.4, -0.2) is 35.5 Å². The maximum atomic E-state index is 3.65. The highest BCUT2D eigenvalue weighted by Crippen LogP contribution is 2.38. The van der Waals surface area contributed by atoms with Crippen LogP contribution < -0.4 is 4.90 Å². The number of rotatable bonds is 4. The van der Waals surface area contributed by atoms with Gasteiger partial charge in [-0.3, -0.25) is 0 Å². The summed E-state index contributed by atoms with van der Waals surface area (Å²) in [7, 11) is 0. The molecule has 2 aliphatic rings. The molecule has 0 bridgehead atoms. The zero-order valence-electron chi connectivity index (χ0n) is 15.1. The van der Waals surface area contributed by atoms with Gasteiger partial charge in [-0.25, -0.2) is 4.31 Å². The molecule has 1 aromatic heterocycles. The Morgan fingerprint density at radius 1 is 0.808 bits per heavy atom. The van der Waals surface area contributed by atoms with Crippen LogP contribution in [0.4, 0.5) is 5.69 Å². The molecule has 3 heterocycles. The molecule has 1 N–H and O–H groups in total. The number of aromatic nitrogens is 1. The van der Waals surface area contributed by atoms with E-state index in [9.17, 15) is 0 Å². The predicted octanol–water partition coefficient (Wildman–Crippen LogP) is 5.54. The standard InChI is InChI=1S/C22H25N3S/c1-4-11-24(12-5-1)22-10-9-18(26-25-13-6-14-25)16-19(22)21-15-17-7-2-3-8-20(17)23-21/h2-3,7-10,15-16,23H,1,4-6,11-14H2. The fourth-order valence-electron chi connectivity index (χ4n) is 3.94. The van der Waals surface area contributed by atoms with Gasteiger partial charge in [-0.15, -0.1) is 0 Å². The molecule has 2 aromatic carbocycles. The molecule has 0 amide bonds. The van der Waals surface area contributed by atoms with Crippen molar-refractivity contribution in [2.24, 2.45) is 0 Å². The van der Waals surface area contributed by atoms with E-state index in [0.717, 1.165) is 0 Å². The predicted molar refractivity (Wildman–Crippen MR) is 112 cm³/mol. The van der Waals surface area contributed by atoms with Gasteiger partial charge in [-0.1, -0.05) is 18.2 Å². The average Bonchev–Trinajstić information content (AvgIpc) is 3.09. The number of piperidine rings is 1. The van der Waals surface area contributed by atoms with Gasteiger partial charge in [0.25, 0.3) is 0 Å². The summed E-state index contributed by atoms with van der Waals surface area (Å²) in [6.45, 7) is 4.76. The lowest BCUT2D eigenvalue weighted by Gasteiger charge is -2.32. The van der Waals surface area contributed by atoms with Crippen LogP contribution in [0.15, 0.2) is 53.4 Å². The highest BCUT2D eigenvalue weighted by molar-refractivity contribution is 7.97. The number of H-pyrrole nitrogens is 1. The van der Waals surface area contributed by atoms with Gasteiger partial charge < -0.3 is 9.88 Å². The van der Waals surface area contributed by atoms with Crippen molar-refractivity contribution in [1.29, 1.82) is 0 Å². The van der Waals surface area contributed by atoms with Gasteiger partial charge in [0.15, 0.2) is 0 Å². The lowest BCUT2D eigenvalue weighted by Crippen LogP contribution is -2.30. The summed E-state index contributed by atoms with van der Waals surface area (Å²) in [4.78, 5) is 7.57. The maximum absolute atomic E-state index is 3.65. The molecule has 0 radical (unpaired) electrons. The van der Waals surface area contributed by atoms with E-state index in [-0.39, 0.29) is 0 Å². The molecule has 5 rings (SSSR count). The Bertz CT molecular complexity index is 874. The molecule has 0 unspecified atom stereocenters. The number of benzene rings is 2. The SMILES string of the molecule is c1ccc2[nH]c(-c3cc(SN4CCC4)ccc3N3CCCCC3)cc2c1. The molecule has 26 heavy (non-hydrogen) atoms. The molecule has 134 valence electrons. The van der Waals surface area contributed by atoms with Crippen molar-refractivity contribution in [3.63, 3.8) is 0 Å². The first kappa shape index (κ1) is 16.3. The summed E-state index contributed by atoms with van der Waals surface area (Å²) >= 11 is 1.90. The van der Waals surface area contributed by atoms with E-state index < -0.39 is 0 Å². The van der Waals surface area contributed by atoms with Gasteiger partial charge >= 0.3 is 0 Å². The number of hydrogen-bond donors (Lipinski definition) is 1. The molecule has 0 aliphatic carbocycles. The molecular weight excluding hydrogens is 338 g/mol. The molecule has 2 fully saturated rings. The Balaban J connectivity index is 1.57. The topological polar surface area (TPSA) is 22.3 Å². The van der Waals surface area contributed by atoms with Crippen molar-refractivity contribution >= 4 is 28.5 Å². The minimum atomic E-state index is 1.17. The molecule has 0 saturated carbocycles. The van der Waals surface area contributed by atoms with E-state index in [1.54, 1.807) is 0 Å². The van der Waals surface area contributed by atoms with Crippen molar-refractivity contribution in [2.45, 2.75) is 30.6 Å². The van der Waals surface area contributed by atoms with Crippen LogP contribution >= 0.6 is 11.9 Å². The molecule has 0 spiro atoms. The van der Waals surface area contributed by atoms with Crippen molar-refractivity contribution in [3.05, 3.63) is 48.5 Å². The summed E-state index contributed by atoms with van der Waals surface area (Å²) in [6.07, 6.45) is 5.29. The van der Waals surface area contributed by atoms with Crippen molar-refractivity contribution in [3.8, 4) is 11.3 Å². The number of anilines is 1. The second-order valence-electron chi connectivity index (χ2n) is 7.37. The number of nitrogens with one attached hydrogen (secondary N) is 1. The summed E-state index contributed by atoms with van der Waals surface area (Å²) in [6, 6.07) is 17.9. The Hall–Kier alpha value is -1.91. The van der Waals surface area contributed by atoms with Gasteiger partial charge in [0.2, 0.25) is 0 Å². The Morgan fingerprint density at radius 3 is 2.42 bits per heavy atom. The summed E-state index contributed by atoms with van der Waals surface area (Å²) in [5.41, 5.74) is 5.17. The van der Waals surface area contributed by atoms with E-state index >= 15 is 0 Å². The van der Waals surface area contributed by atoms with Crippen LogP contribution in [0.2, 0.25) is 0 Å². The lowest BCUT2D eigenvalue weighted by molar-refractivity contribution is 0.344. The molecule has 0 atom stereocenters. The molecule has 2 saturated heterocycles. The molecular formula is C22H25N3S. The third-order valence-corrected chi connectivity index (χ3v) is 6.62. The van der Waals surface area contributed by atoms with E-state index in [1.165, 1.54) is 84.6 Å². The number of para-hydroxylation sites is 1. The highest BCUT2D eigenvalue weighted by atomic mass is 32.2. The van der Waals surface area contributed by atoms with E-state index in [0.29, 0.717) is 0 Å². The zero-order chi connectivity index (χ0) is 17.3. The van der Waals surface area contributed by atoms with Crippen LogP contribution in [0.25, 0.3) is 22.2 Å². The second-order valence-corrected chi connectivity index (χ2v) is 8.54. The van der Waals surface area contributed by atoms with Crippen LogP contribution in [0, 0.1) is 0 Å². The van der Waals surface area contributed by atoms with Crippen LogP contribution in [0.5, 0.6) is 0 Å². The number of nitrogens with zero attached hydrogens (tertiary/aromatic N) is 2. The normalized spacial score (nSPS) is 18.2. The third kappa shape index (κ3) is 3.12. The smallest absolute Gasteiger partial charge is 0.0486 e. The average molecular weight is 364 g/mol. The Kier molecular flexibility index (Phi) is 4.39. The fraction of sp³-hybridized carbons (Fsp3) is 0.364. The summed E-state index contributed by atoms with van der Waals surface area (Å²) in [5.74, 6) is 0. The first-order chi connectivity index (χ1) is 12.9. The Morgan fingerprint density at radius 2 is 1.65 bits per heavy atom. The maximum Gasteiger partial charge on any atom is 0.0486 e. The minimum Gasteiger partial charge on any atom is -0.371 e. The van der Waals surface area contributed by atoms with Crippen molar-refractivity contribution in [1.82, 2.24) is 9.29 Å². The quantitative estimate of drug-likeness (QED) is 0.616. The van der Waals surface area contributed by atoms with E-state index in [4.69, 9.17) is 0 Å². The van der Waals surface area contributed by atoms with Gasteiger partial charge in [-0.05, 0) is 68.0 Å². The van der Waals surface area contributed by atoms with Gasteiger partial charge in [0.05, 0.1) is 0 Å². The van der Waals surface area contributed by atoms with Crippen molar-refractivity contribution < 1.29 is 0 Å². The molecule has 4 heteroatoms. The van der Waals surface area contributed by atoms with Gasteiger partial charge in [0.1, 0.15) is 0 Å². The zero-order valence-corrected chi connectivity index (χ0v) is 15.9. The first-order valence-electron chi connectivity index (χ1n) is 9.77. The van der Waals surface area contributed by atoms with Crippen LogP contribution in [0.3, 0.4) is 0 Å². The Labute approximate surface area is 159 Å². The van der Waals surface area contributed by atoms with E-state index in [1.807, 2.05) is 11.9 Å². The fourth-order valence-corrected chi connectivity index (χ4v) is 4.98. The first-order valence-corrected chi connectivity index (χ1v) is 10.5. The molecule has 2 aliphatic heterocycles. The second kappa shape index (κ2) is 7.01. The number of hydrogen-bond acceptors (Lipinski definition) is 3.